The minimum absolute atomic E-state index is 0.196. The third-order valence-corrected chi connectivity index (χ3v) is 8.76. The molecule has 280 valence electrons. The van der Waals surface area contributed by atoms with Crippen LogP contribution in [0.15, 0.2) is 37.0 Å². The number of esters is 2. The summed E-state index contributed by atoms with van der Waals surface area (Å²) in [5.74, 6) is -0.902. The number of hydrogen-bond acceptors (Lipinski definition) is 6. The quantitative estimate of drug-likeness (QED) is 0.0287. The Morgan fingerprint density at radius 1 is 0.604 bits per heavy atom. The summed E-state index contributed by atoms with van der Waals surface area (Å²) >= 11 is 0. The highest BCUT2D eigenvalue weighted by atomic mass is 31.2. The van der Waals surface area contributed by atoms with E-state index in [1.54, 1.807) is 0 Å². The summed E-state index contributed by atoms with van der Waals surface area (Å²) in [4.78, 5) is 42.7. The van der Waals surface area contributed by atoms with Crippen LogP contribution < -0.4 is 0 Å². The van der Waals surface area contributed by atoms with Crippen LogP contribution in [0.25, 0.3) is 0 Å². The number of phosphoric ester groups is 1. The molecule has 0 aliphatic rings. The van der Waals surface area contributed by atoms with Crippen molar-refractivity contribution < 1.29 is 37.9 Å². The minimum atomic E-state index is -4.75. The van der Waals surface area contributed by atoms with Crippen molar-refractivity contribution in [2.75, 3.05) is 13.2 Å². The first kappa shape index (κ1) is 46.3. The molecule has 0 fully saturated rings. The van der Waals surface area contributed by atoms with Crippen LogP contribution in [0.1, 0.15) is 180 Å². The molecule has 0 bridgehead atoms. The van der Waals surface area contributed by atoms with E-state index in [-0.39, 0.29) is 19.4 Å². The van der Waals surface area contributed by atoms with E-state index in [0.29, 0.717) is 6.42 Å². The van der Waals surface area contributed by atoms with Crippen LogP contribution in [0.5, 0.6) is 0 Å². The van der Waals surface area contributed by atoms with Gasteiger partial charge in [0.25, 0.3) is 0 Å². The number of rotatable bonds is 36. The van der Waals surface area contributed by atoms with E-state index in [1.807, 2.05) is 6.08 Å². The van der Waals surface area contributed by atoms with Crippen molar-refractivity contribution in [1.29, 1.82) is 0 Å². The van der Waals surface area contributed by atoms with Gasteiger partial charge in [-0.1, -0.05) is 140 Å². The van der Waals surface area contributed by atoms with Crippen LogP contribution in [-0.4, -0.2) is 41.0 Å². The summed E-state index contributed by atoms with van der Waals surface area (Å²) in [6, 6.07) is 0. The van der Waals surface area contributed by atoms with E-state index in [0.717, 1.165) is 64.2 Å². The topological polar surface area (TPSA) is 119 Å². The van der Waals surface area contributed by atoms with Gasteiger partial charge in [-0.05, 0) is 57.8 Å². The standard InChI is InChI=1S/C39H71O8P/c1-3-5-7-9-11-13-15-17-19-21-23-25-27-29-31-33-38(40)45-35-37(36-46-48(42,43)44)47-39(41)34-32-30-28-26-24-22-20-18-16-14-12-10-8-6-4-2/h3,12,14,18,20,37H,1,4-11,13,15-17,19,21-36H2,2H3,(H2,42,43,44)/b14-12+,20-18+/t37-/m1/s1. The zero-order chi connectivity index (χ0) is 35.4. The van der Waals surface area contributed by atoms with Crippen molar-refractivity contribution in [1.82, 2.24) is 0 Å². The van der Waals surface area contributed by atoms with Gasteiger partial charge in [0, 0.05) is 12.8 Å². The van der Waals surface area contributed by atoms with Gasteiger partial charge in [0.15, 0.2) is 6.10 Å². The van der Waals surface area contributed by atoms with Crippen molar-refractivity contribution in [2.45, 2.75) is 186 Å². The molecular weight excluding hydrogens is 627 g/mol. The zero-order valence-electron chi connectivity index (χ0n) is 30.5. The number of ether oxygens (including phenoxy) is 2. The number of allylic oxidation sites excluding steroid dienone is 5. The average molecular weight is 699 g/mol. The molecule has 0 saturated carbocycles. The van der Waals surface area contributed by atoms with E-state index < -0.39 is 32.5 Å². The molecule has 0 radical (unpaired) electrons. The van der Waals surface area contributed by atoms with Gasteiger partial charge in [0.05, 0.1) is 6.61 Å². The highest BCUT2D eigenvalue weighted by Gasteiger charge is 2.22. The van der Waals surface area contributed by atoms with Crippen LogP contribution in [0, 0.1) is 0 Å². The highest BCUT2D eigenvalue weighted by Crippen LogP contribution is 2.36. The predicted molar refractivity (Wildman–Crippen MR) is 198 cm³/mol. The second-order valence-corrected chi connectivity index (χ2v) is 14.2. The molecule has 0 aromatic rings. The van der Waals surface area contributed by atoms with Crippen LogP contribution in [0.2, 0.25) is 0 Å². The molecule has 0 rings (SSSR count). The van der Waals surface area contributed by atoms with Crippen molar-refractivity contribution in [2.24, 2.45) is 0 Å². The molecule has 2 N–H and O–H groups in total. The van der Waals surface area contributed by atoms with Gasteiger partial charge < -0.3 is 19.3 Å². The maximum Gasteiger partial charge on any atom is 0.469 e. The van der Waals surface area contributed by atoms with Gasteiger partial charge in [0.1, 0.15) is 6.61 Å². The molecule has 1 atom stereocenters. The Labute approximate surface area is 293 Å². The lowest BCUT2D eigenvalue weighted by atomic mass is 10.0. The largest absolute Gasteiger partial charge is 0.469 e. The third-order valence-electron chi connectivity index (χ3n) is 8.28. The first-order valence-electron chi connectivity index (χ1n) is 19.2. The van der Waals surface area contributed by atoms with Gasteiger partial charge in [-0.3, -0.25) is 14.1 Å². The Kier molecular flexibility index (Phi) is 33.8. The highest BCUT2D eigenvalue weighted by molar-refractivity contribution is 7.46. The van der Waals surface area contributed by atoms with Crippen LogP contribution in [0.4, 0.5) is 0 Å². The molecule has 0 aromatic heterocycles. The second-order valence-electron chi connectivity index (χ2n) is 13.0. The molecule has 0 spiro atoms. The lowest BCUT2D eigenvalue weighted by Crippen LogP contribution is -2.29. The van der Waals surface area contributed by atoms with Crippen molar-refractivity contribution in [3.63, 3.8) is 0 Å². The molecule has 8 nitrogen and oxygen atoms in total. The summed E-state index contributed by atoms with van der Waals surface area (Å²) in [7, 11) is -4.75. The molecule has 0 amide bonds. The van der Waals surface area contributed by atoms with Crippen molar-refractivity contribution in [3.05, 3.63) is 37.0 Å². The Bertz CT molecular complexity index is 866. The monoisotopic (exact) mass is 698 g/mol. The minimum Gasteiger partial charge on any atom is -0.462 e. The lowest BCUT2D eigenvalue weighted by Gasteiger charge is -2.18. The van der Waals surface area contributed by atoms with Crippen molar-refractivity contribution >= 4 is 19.8 Å². The molecule has 0 heterocycles. The smallest absolute Gasteiger partial charge is 0.462 e. The normalized spacial score (nSPS) is 12.6. The molecule has 0 aliphatic heterocycles. The molecule has 0 unspecified atom stereocenters. The molecule has 0 saturated heterocycles. The summed E-state index contributed by atoms with van der Waals surface area (Å²) in [6.45, 7) is 5.15. The number of carbonyl (C=O) groups is 2. The van der Waals surface area contributed by atoms with Crippen LogP contribution in [0.3, 0.4) is 0 Å². The Morgan fingerprint density at radius 2 is 1.04 bits per heavy atom. The van der Waals surface area contributed by atoms with Gasteiger partial charge in [-0.2, -0.15) is 0 Å². The zero-order valence-corrected chi connectivity index (χ0v) is 31.4. The van der Waals surface area contributed by atoms with Crippen LogP contribution >= 0.6 is 7.82 Å². The molecule has 0 aromatic carbocycles. The van der Waals surface area contributed by atoms with Gasteiger partial charge in [-0.15, -0.1) is 6.58 Å². The maximum absolute atomic E-state index is 12.4. The number of hydrogen-bond donors (Lipinski definition) is 2. The fourth-order valence-corrected chi connectivity index (χ4v) is 5.74. The lowest BCUT2D eigenvalue weighted by molar-refractivity contribution is -0.161. The maximum atomic E-state index is 12.4. The van der Waals surface area contributed by atoms with Crippen LogP contribution in [-0.2, 0) is 28.2 Å². The van der Waals surface area contributed by atoms with Gasteiger partial charge in [-0.25, -0.2) is 4.57 Å². The SMILES string of the molecule is C=CCCCCCCCCCCCCCCCC(=O)OC[C@H](COP(=O)(O)O)OC(=O)CCCCCCC/C=C/C/C=C/CCCCC. The van der Waals surface area contributed by atoms with E-state index in [2.05, 4.69) is 42.3 Å². The van der Waals surface area contributed by atoms with E-state index >= 15 is 0 Å². The van der Waals surface area contributed by atoms with E-state index in [4.69, 9.17) is 19.3 Å². The molecular formula is C39H71O8P. The summed E-state index contributed by atoms with van der Waals surface area (Å²) in [5.41, 5.74) is 0. The second kappa shape index (κ2) is 35.1. The van der Waals surface area contributed by atoms with E-state index in [1.165, 1.54) is 89.9 Å². The molecule has 48 heavy (non-hydrogen) atoms. The summed E-state index contributed by atoms with van der Waals surface area (Å²) in [5, 5.41) is 0. The molecule has 9 heteroatoms. The van der Waals surface area contributed by atoms with Gasteiger partial charge in [0.2, 0.25) is 0 Å². The Balaban J connectivity index is 3.96. The Hall–Kier alpha value is -1.73. The Morgan fingerprint density at radius 3 is 1.52 bits per heavy atom. The third kappa shape index (κ3) is 37.1. The first-order chi connectivity index (χ1) is 23.3. The summed E-state index contributed by atoms with van der Waals surface area (Å²) < 4.78 is 26.3. The first-order valence-corrected chi connectivity index (χ1v) is 20.8. The fraction of sp³-hybridized carbons (Fsp3) is 0.795. The number of phosphoric acid groups is 1. The van der Waals surface area contributed by atoms with Gasteiger partial charge >= 0.3 is 19.8 Å². The predicted octanol–water partition coefficient (Wildman–Crippen LogP) is 11.4. The fourth-order valence-electron chi connectivity index (χ4n) is 5.38. The average Bonchev–Trinajstić information content (AvgIpc) is 3.05. The molecule has 0 aliphatic carbocycles. The number of unbranched alkanes of at least 4 members (excludes halogenated alkanes) is 21. The summed E-state index contributed by atoms with van der Waals surface area (Å²) in [6.07, 6.45) is 39.0. The van der Waals surface area contributed by atoms with E-state index in [9.17, 15) is 14.2 Å². The van der Waals surface area contributed by atoms with Crippen molar-refractivity contribution in [3.8, 4) is 0 Å². The number of carbonyl (C=O) groups excluding carboxylic acids is 2.